The molecular weight excluding hydrogens is 252 g/mol. The fraction of sp³-hybridized carbons (Fsp3) is 0.615. The Kier molecular flexibility index (Phi) is 4.80. The number of ether oxygens (including phenoxy) is 1. The van der Waals surface area contributed by atoms with Crippen molar-refractivity contribution in [2.45, 2.75) is 31.9 Å². The van der Waals surface area contributed by atoms with Crippen molar-refractivity contribution < 1.29 is 9.84 Å². The van der Waals surface area contributed by atoms with Crippen LogP contribution in [-0.2, 0) is 11.3 Å². The molecule has 4 nitrogen and oxygen atoms in total. The van der Waals surface area contributed by atoms with Gasteiger partial charge in [-0.3, -0.25) is 4.68 Å². The van der Waals surface area contributed by atoms with E-state index in [9.17, 15) is 5.11 Å². The van der Waals surface area contributed by atoms with Crippen LogP contribution >= 0.6 is 11.6 Å². The molecule has 2 unspecified atom stereocenters. The molecule has 0 radical (unpaired) electrons. The lowest BCUT2D eigenvalue weighted by atomic mass is 9.88. The lowest BCUT2D eigenvalue weighted by molar-refractivity contribution is 0.0906. The maximum absolute atomic E-state index is 10.5. The van der Waals surface area contributed by atoms with Gasteiger partial charge in [-0.2, -0.15) is 5.10 Å². The van der Waals surface area contributed by atoms with Gasteiger partial charge in [0.1, 0.15) is 6.10 Å². The van der Waals surface area contributed by atoms with Gasteiger partial charge in [-0.15, -0.1) is 0 Å². The van der Waals surface area contributed by atoms with Crippen LogP contribution in [0.2, 0.25) is 5.02 Å². The molecule has 0 fully saturated rings. The van der Waals surface area contributed by atoms with Gasteiger partial charge in [0.2, 0.25) is 0 Å². The van der Waals surface area contributed by atoms with Crippen LogP contribution in [0.3, 0.4) is 0 Å². The fourth-order valence-electron chi connectivity index (χ4n) is 2.35. The van der Waals surface area contributed by atoms with Crippen LogP contribution in [0.5, 0.6) is 0 Å². The van der Waals surface area contributed by atoms with E-state index in [4.69, 9.17) is 16.3 Å². The first-order valence-electron chi connectivity index (χ1n) is 6.27. The van der Waals surface area contributed by atoms with Crippen molar-refractivity contribution in [2.24, 2.45) is 5.92 Å². The molecule has 0 saturated carbocycles. The Morgan fingerprint density at radius 1 is 1.61 bits per heavy atom. The second-order valence-electron chi connectivity index (χ2n) is 4.58. The molecule has 0 saturated heterocycles. The lowest BCUT2D eigenvalue weighted by Crippen LogP contribution is -2.19. The normalized spacial score (nSPS) is 21.2. The van der Waals surface area contributed by atoms with E-state index in [1.165, 1.54) is 0 Å². The highest BCUT2D eigenvalue weighted by Crippen LogP contribution is 2.34. The molecule has 1 aliphatic rings. The molecule has 0 aliphatic heterocycles. The minimum atomic E-state index is -0.554. The van der Waals surface area contributed by atoms with Crippen molar-refractivity contribution in [1.29, 1.82) is 0 Å². The zero-order valence-corrected chi connectivity index (χ0v) is 11.3. The number of aliphatic hydroxyl groups excluding tert-OH is 1. The summed E-state index contributed by atoms with van der Waals surface area (Å²) >= 11 is 6.14. The van der Waals surface area contributed by atoms with Crippen molar-refractivity contribution in [3.8, 4) is 0 Å². The number of hydrogen-bond donors (Lipinski definition) is 1. The van der Waals surface area contributed by atoms with Crippen LogP contribution in [0, 0.1) is 5.92 Å². The average Bonchev–Trinajstić information content (AvgIpc) is 2.77. The van der Waals surface area contributed by atoms with Gasteiger partial charge in [-0.05, 0) is 25.2 Å². The Balaban J connectivity index is 2.14. The van der Waals surface area contributed by atoms with E-state index in [1.54, 1.807) is 18.0 Å². The first kappa shape index (κ1) is 13.6. The summed E-state index contributed by atoms with van der Waals surface area (Å²) in [6.45, 7) is 1.17. The number of nitrogens with zero attached hydrogens (tertiary/aromatic N) is 2. The third-order valence-corrected chi connectivity index (χ3v) is 3.67. The van der Waals surface area contributed by atoms with E-state index >= 15 is 0 Å². The first-order valence-corrected chi connectivity index (χ1v) is 6.65. The maximum Gasteiger partial charge on any atom is 0.100 e. The Labute approximate surface area is 112 Å². The van der Waals surface area contributed by atoms with E-state index in [0.717, 1.165) is 19.3 Å². The van der Waals surface area contributed by atoms with Crippen LogP contribution in [0.25, 0.3) is 0 Å². The zero-order chi connectivity index (χ0) is 13.0. The highest BCUT2D eigenvalue weighted by Gasteiger charge is 2.26. The summed E-state index contributed by atoms with van der Waals surface area (Å²) in [5, 5.41) is 15.2. The summed E-state index contributed by atoms with van der Waals surface area (Å²) < 4.78 is 6.78. The molecule has 1 aromatic rings. The molecule has 100 valence electrons. The summed E-state index contributed by atoms with van der Waals surface area (Å²) in [6, 6.07) is 0. The molecular formula is C13H19ClN2O2. The summed E-state index contributed by atoms with van der Waals surface area (Å²) in [4.78, 5) is 0. The third kappa shape index (κ3) is 2.94. The number of rotatable bonds is 5. The van der Waals surface area contributed by atoms with Gasteiger partial charge in [0.05, 0.1) is 30.1 Å². The van der Waals surface area contributed by atoms with E-state index in [-0.39, 0.29) is 5.92 Å². The van der Waals surface area contributed by atoms with Gasteiger partial charge in [0, 0.05) is 7.11 Å². The molecule has 0 aromatic carbocycles. The minimum absolute atomic E-state index is 0.227. The van der Waals surface area contributed by atoms with Gasteiger partial charge in [-0.1, -0.05) is 23.8 Å². The van der Waals surface area contributed by atoms with Crippen molar-refractivity contribution in [3.05, 3.63) is 29.1 Å². The summed E-state index contributed by atoms with van der Waals surface area (Å²) in [5.74, 6) is 0.227. The van der Waals surface area contributed by atoms with E-state index in [2.05, 4.69) is 17.3 Å². The minimum Gasteiger partial charge on any atom is -0.386 e. The largest absolute Gasteiger partial charge is 0.386 e. The molecule has 2 rings (SSSR count). The lowest BCUT2D eigenvalue weighted by Gasteiger charge is -2.24. The molecule has 0 bridgehead atoms. The highest BCUT2D eigenvalue weighted by molar-refractivity contribution is 6.31. The molecule has 5 heteroatoms. The maximum atomic E-state index is 10.5. The quantitative estimate of drug-likeness (QED) is 0.837. The summed E-state index contributed by atoms with van der Waals surface area (Å²) in [6.07, 6.45) is 8.23. The van der Waals surface area contributed by atoms with Crippen LogP contribution in [0.4, 0.5) is 0 Å². The van der Waals surface area contributed by atoms with Crippen LogP contribution in [-0.4, -0.2) is 28.6 Å². The number of hydrogen-bond acceptors (Lipinski definition) is 3. The van der Waals surface area contributed by atoms with Gasteiger partial charge in [-0.25, -0.2) is 0 Å². The molecule has 1 heterocycles. The number of aromatic nitrogens is 2. The molecule has 1 aromatic heterocycles. The predicted molar refractivity (Wildman–Crippen MR) is 70.6 cm³/mol. The molecule has 18 heavy (non-hydrogen) atoms. The predicted octanol–water partition coefficient (Wildman–Crippen LogP) is 2.57. The SMILES string of the molecule is COCCn1ncc(Cl)c1C(O)C1CC=CCC1. The van der Waals surface area contributed by atoms with Gasteiger partial charge < -0.3 is 9.84 Å². The highest BCUT2D eigenvalue weighted by atomic mass is 35.5. The Bertz CT molecular complexity index is 417. The standard InChI is InChI=1S/C13H19ClN2O2/c1-18-8-7-16-12(11(14)9-15-16)13(17)10-5-3-2-4-6-10/h2-3,9-10,13,17H,4-8H2,1H3. The van der Waals surface area contributed by atoms with Crippen molar-refractivity contribution in [3.63, 3.8) is 0 Å². The third-order valence-electron chi connectivity index (χ3n) is 3.38. The summed E-state index contributed by atoms with van der Waals surface area (Å²) in [5.41, 5.74) is 0.717. The molecule has 1 aliphatic carbocycles. The Morgan fingerprint density at radius 2 is 2.44 bits per heavy atom. The topological polar surface area (TPSA) is 47.3 Å². The van der Waals surface area contributed by atoms with Gasteiger partial charge in [0.25, 0.3) is 0 Å². The summed E-state index contributed by atoms with van der Waals surface area (Å²) in [7, 11) is 1.65. The second-order valence-corrected chi connectivity index (χ2v) is 4.99. The van der Waals surface area contributed by atoms with Gasteiger partial charge in [0.15, 0.2) is 0 Å². The number of methoxy groups -OCH3 is 1. The smallest absolute Gasteiger partial charge is 0.100 e. The Hall–Kier alpha value is -0.840. The van der Waals surface area contributed by atoms with E-state index < -0.39 is 6.10 Å². The van der Waals surface area contributed by atoms with E-state index in [0.29, 0.717) is 23.9 Å². The van der Waals surface area contributed by atoms with Crippen molar-refractivity contribution in [2.75, 3.05) is 13.7 Å². The van der Waals surface area contributed by atoms with Crippen molar-refractivity contribution >= 4 is 11.6 Å². The van der Waals surface area contributed by atoms with Crippen molar-refractivity contribution in [1.82, 2.24) is 9.78 Å². The zero-order valence-electron chi connectivity index (χ0n) is 10.6. The number of allylic oxidation sites excluding steroid dienone is 2. The van der Waals surface area contributed by atoms with Crippen LogP contribution in [0.15, 0.2) is 18.3 Å². The molecule has 0 amide bonds. The fourth-order valence-corrected chi connectivity index (χ4v) is 2.60. The average molecular weight is 271 g/mol. The molecule has 1 N–H and O–H groups in total. The number of aliphatic hydroxyl groups is 1. The number of halogens is 1. The Morgan fingerprint density at radius 3 is 3.11 bits per heavy atom. The van der Waals surface area contributed by atoms with E-state index in [1.807, 2.05) is 0 Å². The second kappa shape index (κ2) is 6.36. The van der Waals surface area contributed by atoms with Crippen LogP contribution in [0.1, 0.15) is 31.1 Å². The molecule has 2 atom stereocenters. The molecule has 0 spiro atoms. The first-order chi connectivity index (χ1) is 8.74. The van der Waals surface area contributed by atoms with Gasteiger partial charge >= 0.3 is 0 Å². The monoisotopic (exact) mass is 270 g/mol. The van der Waals surface area contributed by atoms with Crippen LogP contribution < -0.4 is 0 Å².